The van der Waals surface area contributed by atoms with E-state index in [4.69, 9.17) is 5.26 Å². The molecule has 2 rings (SSSR count). The van der Waals surface area contributed by atoms with Gasteiger partial charge in [-0.25, -0.2) is 0 Å². The lowest BCUT2D eigenvalue weighted by Crippen LogP contribution is -2.37. The predicted octanol–water partition coefficient (Wildman–Crippen LogP) is 1.47. The fourth-order valence-electron chi connectivity index (χ4n) is 2.77. The first kappa shape index (κ1) is 13.1. The van der Waals surface area contributed by atoms with Crippen LogP contribution in [0.25, 0.3) is 0 Å². The van der Waals surface area contributed by atoms with E-state index < -0.39 is 0 Å². The number of hydrogen-bond donors (Lipinski definition) is 1. The molecule has 98 valence electrons. The lowest BCUT2D eigenvalue weighted by molar-refractivity contribution is 0.260. The molecule has 1 aliphatic heterocycles. The van der Waals surface area contributed by atoms with Crippen LogP contribution in [0.2, 0.25) is 0 Å². The van der Waals surface area contributed by atoms with Crippen molar-refractivity contribution in [1.82, 2.24) is 14.8 Å². The highest BCUT2D eigenvalue weighted by Crippen LogP contribution is 2.15. The summed E-state index contributed by atoms with van der Waals surface area (Å²) in [5.41, 5.74) is 1.91. The maximum atomic E-state index is 8.90. The molecule has 0 radical (unpaired) electrons. The number of aryl methyl sites for hydroxylation is 1. The van der Waals surface area contributed by atoms with Crippen LogP contribution >= 0.6 is 0 Å². The topological polar surface area (TPSA) is 44.0 Å². The van der Waals surface area contributed by atoms with Gasteiger partial charge in [0.2, 0.25) is 0 Å². The van der Waals surface area contributed by atoms with E-state index in [2.05, 4.69) is 23.2 Å². The van der Waals surface area contributed by atoms with Gasteiger partial charge in [-0.3, -0.25) is 4.90 Å². The highest BCUT2D eigenvalue weighted by atomic mass is 15.2. The Morgan fingerprint density at radius 3 is 3.06 bits per heavy atom. The van der Waals surface area contributed by atoms with Crippen molar-refractivity contribution in [2.24, 2.45) is 7.05 Å². The summed E-state index contributed by atoms with van der Waals surface area (Å²) in [6.45, 7) is 6.52. The van der Waals surface area contributed by atoms with Crippen LogP contribution in [0, 0.1) is 11.3 Å². The molecule has 1 aromatic heterocycles. The standard InChI is InChI=1S/C14H22N4/c1-3-18-6-4-5-13(18)10-16-9-12-7-14(8-15)17(2)11-12/h7,11,13,16H,3-6,9-10H2,1-2H3. The van der Waals surface area contributed by atoms with Crippen LogP contribution < -0.4 is 5.32 Å². The van der Waals surface area contributed by atoms with Crippen LogP contribution in [-0.4, -0.2) is 35.1 Å². The zero-order chi connectivity index (χ0) is 13.0. The van der Waals surface area contributed by atoms with Gasteiger partial charge in [0.05, 0.1) is 0 Å². The minimum absolute atomic E-state index is 0.689. The van der Waals surface area contributed by atoms with Gasteiger partial charge in [-0.15, -0.1) is 0 Å². The van der Waals surface area contributed by atoms with E-state index in [0.29, 0.717) is 6.04 Å². The molecule has 4 nitrogen and oxygen atoms in total. The molecule has 1 aromatic rings. The summed E-state index contributed by atoms with van der Waals surface area (Å²) in [7, 11) is 1.91. The molecule has 1 atom stereocenters. The Morgan fingerprint density at radius 1 is 1.56 bits per heavy atom. The number of likely N-dealkylation sites (N-methyl/N-ethyl adjacent to an activating group) is 1. The van der Waals surface area contributed by atoms with Gasteiger partial charge < -0.3 is 9.88 Å². The van der Waals surface area contributed by atoms with Gasteiger partial charge in [-0.1, -0.05) is 6.92 Å². The molecule has 0 aliphatic carbocycles. The lowest BCUT2D eigenvalue weighted by Gasteiger charge is -2.22. The first-order valence-electron chi connectivity index (χ1n) is 6.74. The normalized spacial score (nSPS) is 20.2. The highest BCUT2D eigenvalue weighted by Gasteiger charge is 2.22. The third kappa shape index (κ3) is 2.92. The third-order valence-corrected chi connectivity index (χ3v) is 3.79. The molecule has 1 saturated heterocycles. The van der Waals surface area contributed by atoms with Crippen molar-refractivity contribution in [1.29, 1.82) is 5.26 Å². The molecule has 18 heavy (non-hydrogen) atoms. The van der Waals surface area contributed by atoms with E-state index in [1.807, 2.05) is 23.9 Å². The van der Waals surface area contributed by atoms with Crippen LogP contribution in [0.4, 0.5) is 0 Å². The number of likely N-dealkylation sites (tertiary alicyclic amines) is 1. The van der Waals surface area contributed by atoms with E-state index in [1.54, 1.807) is 0 Å². The van der Waals surface area contributed by atoms with Crippen LogP contribution in [0.5, 0.6) is 0 Å². The maximum Gasteiger partial charge on any atom is 0.120 e. The molecule has 1 aliphatic rings. The van der Waals surface area contributed by atoms with E-state index in [1.165, 1.54) is 24.9 Å². The van der Waals surface area contributed by atoms with E-state index >= 15 is 0 Å². The quantitative estimate of drug-likeness (QED) is 0.855. The molecule has 0 spiro atoms. The van der Waals surface area contributed by atoms with Crippen LogP contribution in [-0.2, 0) is 13.6 Å². The molecule has 1 unspecified atom stereocenters. The van der Waals surface area contributed by atoms with Crippen molar-refractivity contribution in [3.05, 3.63) is 23.5 Å². The molecule has 1 N–H and O–H groups in total. The van der Waals surface area contributed by atoms with E-state index in [9.17, 15) is 0 Å². The number of hydrogen-bond acceptors (Lipinski definition) is 3. The fourth-order valence-corrected chi connectivity index (χ4v) is 2.77. The predicted molar refractivity (Wildman–Crippen MR) is 72.1 cm³/mol. The van der Waals surface area contributed by atoms with Gasteiger partial charge in [0.1, 0.15) is 11.8 Å². The summed E-state index contributed by atoms with van der Waals surface area (Å²) in [4.78, 5) is 2.54. The highest BCUT2D eigenvalue weighted by molar-refractivity contribution is 5.28. The van der Waals surface area contributed by atoms with Crippen molar-refractivity contribution in [3.63, 3.8) is 0 Å². The van der Waals surface area contributed by atoms with Gasteiger partial charge in [0.25, 0.3) is 0 Å². The van der Waals surface area contributed by atoms with Gasteiger partial charge in [0, 0.05) is 32.4 Å². The van der Waals surface area contributed by atoms with Gasteiger partial charge in [0.15, 0.2) is 0 Å². The van der Waals surface area contributed by atoms with Crippen LogP contribution in [0.1, 0.15) is 31.0 Å². The van der Waals surface area contributed by atoms with Gasteiger partial charge in [-0.2, -0.15) is 5.26 Å². The smallest absolute Gasteiger partial charge is 0.120 e. The number of aromatic nitrogens is 1. The Kier molecular flexibility index (Phi) is 4.40. The van der Waals surface area contributed by atoms with E-state index in [-0.39, 0.29) is 0 Å². The van der Waals surface area contributed by atoms with Crippen LogP contribution in [0.3, 0.4) is 0 Å². The molecule has 0 aromatic carbocycles. The fraction of sp³-hybridized carbons (Fsp3) is 0.643. The molecule has 1 fully saturated rings. The van der Waals surface area contributed by atoms with Crippen molar-refractivity contribution in [3.8, 4) is 6.07 Å². The SMILES string of the molecule is CCN1CCCC1CNCc1cc(C#N)n(C)c1. The Bertz CT molecular complexity index is 429. The molecule has 2 heterocycles. The third-order valence-electron chi connectivity index (χ3n) is 3.79. The summed E-state index contributed by atoms with van der Waals surface area (Å²) in [5, 5.41) is 12.4. The second kappa shape index (κ2) is 6.03. The summed E-state index contributed by atoms with van der Waals surface area (Å²) < 4.78 is 1.88. The summed E-state index contributed by atoms with van der Waals surface area (Å²) in [6.07, 6.45) is 4.65. The zero-order valence-electron chi connectivity index (χ0n) is 11.3. The Morgan fingerprint density at radius 2 is 2.39 bits per heavy atom. The molecule has 0 amide bonds. The Balaban J connectivity index is 1.79. The summed E-state index contributed by atoms with van der Waals surface area (Å²) in [6, 6.07) is 4.84. The minimum Gasteiger partial charge on any atom is -0.342 e. The second-order valence-electron chi connectivity index (χ2n) is 5.01. The maximum absolute atomic E-state index is 8.90. The molecular weight excluding hydrogens is 224 g/mol. The number of nitriles is 1. The number of nitrogens with one attached hydrogen (secondary N) is 1. The zero-order valence-corrected chi connectivity index (χ0v) is 11.3. The van der Waals surface area contributed by atoms with Crippen molar-refractivity contribution in [2.75, 3.05) is 19.6 Å². The van der Waals surface area contributed by atoms with Crippen molar-refractivity contribution in [2.45, 2.75) is 32.4 Å². The minimum atomic E-state index is 0.689. The number of rotatable bonds is 5. The van der Waals surface area contributed by atoms with Gasteiger partial charge in [-0.05, 0) is 37.6 Å². The van der Waals surface area contributed by atoms with Crippen molar-refractivity contribution < 1.29 is 0 Å². The molecule has 4 heteroatoms. The summed E-state index contributed by atoms with van der Waals surface area (Å²) >= 11 is 0. The Hall–Kier alpha value is -1.31. The monoisotopic (exact) mass is 246 g/mol. The second-order valence-corrected chi connectivity index (χ2v) is 5.01. The average molecular weight is 246 g/mol. The Labute approximate surface area is 109 Å². The van der Waals surface area contributed by atoms with E-state index in [0.717, 1.165) is 25.3 Å². The number of nitrogens with zero attached hydrogens (tertiary/aromatic N) is 3. The first-order chi connectivity index (χ1) is 8.74. The average Bonchev–Trinajstić information content (AvgIpc) is 2.95. The van der Waals surface area contributed by atoms with Crippen molar-refractivity contribution >= 4 is 0 Å². The first-order valence-corrected chi connectivity index (χ1v) is 6.74. The van der Waals surface area contributed by atoms with Gasteiger partial charge >= 0.3 is 0 Å². The molecule has 0 saturated carbocycles. The van der Waals surface area contributed by atoms with Crippen LogP contribution in [0.15, 0.2) is 12.3 Å². The summed E-state index contributed by atoms with van der Waals surface area (Å²) in [5.74, 6) is 0. The lowest BCUT2D eigenvalue weighted by atomic mass is 10.2. The molecular formula is C14H22N4. The molecule has 0 bridgehead atoms. The largest absolute Gasteiger partial charge is 0.342 e.